The number of nitrogens with one attached hydrogen (secondary N) is 1. The van der Waals surface area contributed by atoms with Gasteiger partial charge in [-0.1, -0.05) is 33.4 Å². The minimum atomic E-state index is -3.05. The van der Waals surface area contributed by atoms with Crippen molar-refractivity contribution in [1.29, 1.82) is 0 Å². The van der Waals surface area contributed by atoms with Gasteiger partial charge in [-0.25, -0.2) is 18.4 Å². The Hall–Kier alpha value is -2.98. The second-order valence-corrected chi connectivity index (χ2v) is 12.0. The molecular formula is C25H34N4O5S. The second-order valence-electron chi connectivity index (χ2n) is 9.67. The largest absolute Gasteiger partial charge is 0.488 e. The van der Waals surface area contributed by atoms with Gasteiger partial charge in [-0.3, -0.25) is 4.79 Å². The first-order valence-electron chi connectivity index (χ1n) is 11.6. The second kappa shape index (κ2) is 10.7. The van der Waals surface area contributed by atoms with Gasteiger partial charge in [0, 0.05) is 42.9 Å². The number of hydrogen-bond acceptors (Lipinski definition) is 8. The van der Waals surface area contributed by atoms with Gasteiger partial charge in [0.2, 0.25) is 0 Å². The number of fused-ring (bicyclic) bond motifs is 1. The van der Waals surface area contributed by atoms with Crippen molar-refractivity contribution in [3.8, 4) is 0 Å². The standard InChI is InChI=1S/C25H34N4O5S/c1-6-20(34-17(2)16-30)13-19(29-9-11-35(32,33)12-10-29)8-7-18-14-26-24-22(28-18)21(15-27-24)23(31)25(3,4)5/h6,8,13-15,17,30H,1,7,9-12,16H2,2-5H3,(H,26,27)/b19-8+,20-13+. The Labute approximate surface area is 206 Å². The number of ether oxygens (including phenoxy) is 1. The SMILES string of the molecule is C=C/C(=C\C(=C/Cc1cnc2[nH]cc(C(=O)C(C)(C)C)c2n1)N1CCS(=O)(=O)CC1)OC(C)CO. The maximum atomic E-state index is 12.8. The smallest absolute Gasteiger partial charge is 0.171 e. The third-order valence-corrected chi connectivity index (χ3v) is 7.28. The number of aliphatic hydroxyl groups excluding tert-OH is 1. The molecule has 0 radical (unpaired) electrons. The monoisotopic (exact) mass is 502 g/mol. The number of sulfone groups is 1. The van der Waals surface area contributed by atoms with E-state index >= 15 is 0 Å². The van der Waals surface area contributed by atoms with Crippen LogP contribution in [0.2, 0.25) is 0 Å². The lowest BCUT2D eigenvalue weighted by molar-refractivity contribution is 0.0781. The summed E-state index contributed by atoms with van der Waals surface area (Å²) in [7, 11) is -3.05. The first-order chi connectivity index (χ1) is 16.4. The molecule has 3 rings (SSSR count). The van der Waals surface area contributed by atoms with Gasteiger partial charge in [0.1, 0.15) is 17.4 Å². The molecule has 0 saturated carbocycles. The normalized spacial score (nSPS) is 17.9. The highest BCUT2D eigenvalue weighted by Gasteiger charge is 2.26. The Bertz CT molecular complexity index is 1240. The number of carbonyl (C=O) groups excluding carboxylic acids is 1. The van der Waals surface area contributed by atoms with E-state index in [1.807, 2.05) is 31.7 Å². The Kier molecular flexibility index (Phi) is 8.17. The lowest BCUT2D eigenvalue weighted by Crippen LogP contribution is -2.39. The van der Waals surface area contributed by atoms with Gasteiger partial charge in [-0.05, 0) is 13.0 Å². The fraction of sp³-hybridized carbons (Fsp3) is 0.480. The zero-order valence-electron chi connectivity index (χ0n) is 20.7. The van der Waals surface area contributed by atoms with E-state index in [0.29, 0.717) is 47.7 Å². The number of aromatic amines is 1. The van der Waals surface area contributed by atoms with Crippen molar-refractivity contribution in [2.24, 2.45) is 5.41 Å². The van der Waals surface area contributed by atoms with E-state index in [1.165, 1.54) is 0 Å². The van der Waals surface area contributed by atoms with E-state index in [-0.39, 0.29) is 23.9 Å². The van der Waals surface area contributed by atoms with Crippen LogP contribution in [0.1, 0.15) is 43.7 Å². The van der Waals surface area contributed by atoms with Crippen LogP contribution in [0, 0.1) is 5.41 Å². The molecule has 1 saturated heterocycles. The van der Waals surface area contributed by atoms with Gasteiger partial charge < -0.3 is 19.7 Å². The topological polar surface area (TPSA) is 125 Å². The lowest BCUT2D eigenvalue weighted by Gasteiger charge is -2.30. The minimum absolute atomic E-state index is 0.0188. The molecule has 1 fully saturated rings. The molecule has 0 spiro atoms. The quantitative estimate of drug-likeness (QED) is 0.305. The van der Waals surface area contributed by atoms with Gasteiger partial charge in [-0.15, -0.1) is 0 Å². The van der Waals surface area contributed by atoms with Crippen LogP contribution in [-0.4, -0.2) is 76.5 Å². The molecule has 3 heterocycles. The van der Waals surface area contributed by atoms with Crippen molar-refractivity contribution in [1.82, 2.24) is 19.9 Å². The van der Waals surface area contributed by atoms with E-state index in [0.717, 1.165) is 5.70 Å². The summed E-state index contributed by atoms with van der Waals surface area (Å²) in [6, 6.07) is 0. The third kappa shape index (κ3) is 6.79. The van der Waals surface area contributed by atoms with Crippen LogP contribution in [0.5, 0.6) is 0 Å². The van der Waals surface area contributed by atoms with E-state index in [9.17, 15) is 18.3 Å². The van der Waals surface area contributed by atoms with Crippen LogP contribution in [0.4, 0.5) is 0 Å². The Morgan fingerprint density at radius 3 is 2.63 bits per heavy atom. The molecule has 1 atom stereocenters. The Balaban J connectivity index is 1.94. The van der Waals surface area contributed by atoms with E-state index < -0.39 is 21.4 Å². The molecule has 0 aliphatic carbocycles. The highest BCUT2D eigenvalue weighted by Crippen LogP contribution is 2.25. The average molecular weight is 503 g/mol. The number of aliphatic hydroxyl groups is 1. The van der Waals surface area contributed by atoms with Crippen LogP contribution in [0.15, 0.2) is 48.7 Å². The highest BCUT2D eigenvalue weighted by atomic mass is 32.2. The summed E-state index contributed by atoms with van der Waals surface area (Å²) in [4.78, 5) is 27.0. The van der Waals surface area contributed by atoms with Gasteiger partial charge >= 0.3 is 0 Å². The number of carbonyl (C=O) groups is 1. The number of Topliss-reactive ketones (excluding diaryl/α,β-unsaturated/α-hetero) is 1. The summed E-state index contributed by atoms with van der Waals surface area (Å²) in [6.07, 6.45) is 8.57. The number of H-pyrrole nitrogens is 1. The molecule has 1 aliphatic rings. The summed E-state index contributed by atoms with van der Waals surface area (Å²) in [5.74, 6) is 0.595. The molecule has 0 bridgehead atoms. The fourth-order valence-corrected chi connectivity index (χ4v) is 4.82. The predicted octanol–water partition coefficient (Wildman–Crippen LogP) is 2.81. The fourth-order valence-electron chi connectivity index (χ4n) is 3.62. The summed E-state index contributed by atoms with van der Waals surface area (Å²) in [5.41, 5.74) is 2.47. The van der Waals surface area contributed by atoms with Crippen LogP contribution in [-0.2, 0) is 21.0 Å². The molecule has 10 heteroatoms. The van der Waals surface area contributed by atoms with Crippen LogP contribution in [0.25, 0.3) is 11.2 Å². The van der Waals surface area contributed by atoms with Crippen molar-refractivity contribution in [3.63, 3.8) is 0 Å². The van der Waals surface area contributed by atoms with Crippen LogP contribution in [0.3, 0.4) is 0 Å². The maximum absolute atomic E-state index is 12.8. The molecule has 1 unspecified atom stereocenters. The van der Waals surface area contributed by atoms with Gasteiger partial charge in [0.05, 0.1) is 35.6 Å². The molecule has 0 amide bonds. The Morgan fingerprint density at radius 1 is 1.34 bits per heavy atom. The number of nitrogens with zero attached hydrogens (tertiary/aromatic N) is 3. The van der Waals surface area contributed by atoms with Gasteiger partial charge in [0.15, 0.2) is 21.3 Å². The van der Waals surface area contributed by atoms with E-state index in [4.69, 9.17) is 9.72 Å². The summed E-state index contributed by atoms with van der Waals surface area (Å²) in [5, 5.41) is 9.33. The van der Waals surface area contributed by atoms with Crippen molar-refractivity contribution < 1.29 is 23.1 Å². The number of rotatable bonds is 9. The van der Waals surface area contributed by atoms with Crippen molar-refractivity contribution in [2.75, 3.05) is 31.2 Å². The van der Waals surface area contributed by atoms with Crippen molar-refractivity contribution in [3.05, 3.63) is 59.9 Å². The first-order valence-corrected chi connectivity index (χ1v) is 13.4. The van der Waals surface area contributed by atoms with Gasteiger partial charge in [0.25, 0.3) is 0 Å². The van der Waals surface area contributed by atoms with E-state index in [1.54, 1.807) is 31.5 Å². The molecule has 2 aromatic heterocycles. The van der Waals surface area contributed by atoms with Crippen LogP contribution < -0.4 is 0 Å². The zero-order valence-corrected chi connectivity index (χ0v) is 21.6. The first kappa shape index (κ1) is 26.6. The zero-order chi connectivity index (χ0) is 25.8. The van der Waals surface area contributed by atoms with Gasteiger partial charge in [-0.2, -0.15) is 0 Å². The lowest BCUT2D eigenvalue weighted by atomic mass is 9.87. The van der Waals surface area contributed by atoms with Crippen molar-refractivity contribution in [2.45, 2.75) is 40.2 Å². The molecule has 190 valence electrons. The highest BCUT2D eigenvalue weighted by molar-refractivity contribution is 7.91. The molecule has 2 N–H and O–H groups in total. The Morgan fingerprint density at radius 2 is 2.03 bits per heavy atom. The summed E-state index contributed by atoms with van der Waals surface area (Å²) < 4.78 is 29.6. The molecule has 9 nitrogen and oxygen atoms in total. The molecular weight excluding hydrogens is 468 g/mol. The molecule has 1 aliphatic heterocycles. The number of aromatic nitrogens is 3. The average Bonchev–Trinajstić information content (AvgIpc) is 3.23. The number of hydrogen-bond donors (Lipinski definition) is 2. The number of allylic oxidation sites excluding steroid dienone is 3. The molecule has 35 heavy (non-hydrogen) atoms. The molecule has 2 aromatic rings. The summed E-state index contributed by atoms with van der Waals surface area (Å²) >= 11 is 0. The minimum Gasteiger partial charge on any atom is -0.488 e. The maximum Gasteiger partial charge on any atom is 0.171 e. The third-order valence-electron chi connectivity index (χ3n) is 5.67. The predicted molar refractivity (Wildman–Crippen MR) is 136 cm³/mol. The summed E-state index contributed by atoms with van der Waals surface area (Å²) in [6.45, 7) is 11.7. The molecule has 0 aromatic carbocycles. The van der Waals surface area contributed by atoms with Crippen molar-refractivity contribution >= 4 is 26.8 Å². The van der Waals surface area contributed by atoms with Crippen LogP contribution >= 0.6 is 0 Å². The number of ketones is 1. The van der Waals surface area contributed by atoms with E-state index in [2.05, 4.69) is 16.5 Å².